The molecule has 0 radical (unpaired) electrons. The van der Waals surface area contributed by atoms with Crippen LogP contribution in [0.2, 0.25) is 0 Å². The van der Waals surface area contributed by atoms with Crippen LogP contribution < -0.4 is 0 Å². The third-order valence-electron chi connectivity index (χ3n) is 6.78. The monoisotopic (exact) mass is 398 g/mol. The van der Waals surface area contributed by atoms with Crippen LogP contribution in [-0.2, 0) is 0 Å². The quantitative estimate of drug-likeness (QED) is 0.515. The molecule has 30 heavy (non-hydrogen) atoms. The zero-order chi connectivity index (χ0) is 20.3. The highest BCUT2D eigenvalue weighted by Gasteiger charge is 2.46. The van der Waals surface area contributed by atoms with Crippen LogP contribution >= 0.6 is 0 Å². The summed E-state index contributed by atoms with van der Waals surface area (Å²) in [7, 11) is 0. The number of halogens is 1. The Hall–Kier alpha value is -2.78. The van der Waals surface area contributed by atoms with Crippen molar-refractivity contribution in [2.24, 2.45) is 10.9 Å². The van der Waals surface area contributed by atoms with E-state index in [4.69, 9.17) is 4.99 Å². The van der Waals surface area contributed by atoms with Gasteiger partial charge in [-0.2, -0.15) is 0 Å². The van der Waals surface area contributed by atoms with Crippen molar-refractivity contribution in [2.75, 3.05) is 13.1 Å². The molecule has 152 valence electrons. The van der Waals surface area contributed by atoms with Crippen LogP contribution in [0.25, 0.3) is 0 Å². The van der Waals surface area contributed by atoms with E-state index in [-0.39, 0.29) is 23.8 Å². The Morgan fingerprint density at radius 1 is 0.800 bits per heavy atom. The van der Waals surface area contributed by atoms with Crippen LogP contribution in [-0.4, -0.2) is 36.3 Å². The summed E-state index contributed by atoms with van der Waals surface area (Å²) in [4.78, 5) is 7.66. The lowest BCUT2D eigenvalue weighted by Gasteiger charge is -2.52. The predicted molar refractivity (Wildman–Crippen MR) is 121 cm³/mol. The van der Waals surface area contributed by atoms with Crippen molar-refractivity contribution in [1.29, 1.82) is 0 Å². The molecule has 0 spiro atoms. The third kappa shape index (κ3) is 3.70. The lowest BCUT2D eigenvalue weighted by molar-refractivity contribution is 0.0215. The summed E-state index contributed by atoms with van der Waals surface area (Å²) in [5.74, 6) is 0.595. The summed E-state index contributed by atoms with van der Waals surface area (Å²) in [6.07, 6.45) is 4.11. The predicted octanol–water partition coefficient (Wildman–Crippen LogP) is 5.54. The van der Waals surface area contributed by atoms with Crippen molar-refractivity contribution in [3.63, 3.8) is 0 Å². The molecule has 3 fully saturated rings. The van der Waals surface area contributed by atoms with Gasteiger partial charge in [0.2, 0.25) is 0 Å². The molecule has 0 saturated carbocycles. The zero-order valence-corrected chi connectivity index (χ0v) is 17.1. The maximum atomic E-state index is 14.2. The largest absolute Gasteiger partial charge is 0.297 e. The molecule has 2 nitrogen and oxygen atoms in total. The number of rotatable bonds is 5. The molecular formula is C27H27FN2. The minimum Gasteiger partial charge on any atom is -0.297 e. The van der Waals surface area contributed by atoms with Gasteiger partial charge < -0.3 is 0 Å². The van der Waals surface area contributed by atoms with Crippen LogP contribution in [0, 0.1) is 11.7 Å². The Labute approximate surface area is 178 Å². The summed E-state index contributed by atoms with van der Waals surface area (Å²) < 4.78 is 14.2. The van der Waals surface area contributed by atoms with E-state index in [1.165, 1.54) is 30.0 Å². The first kappa shape index (κ1) is 19.2. The van der Waals surface area contributed by atoms with Gasteiger partial charge in [-0.3, -0.25) is 9.89 Å². The van der Waals surface area contributed by atoms with Crippen LogP contribution in [0.4, 0.5) is 4.39 Å². The van der Waals surface area contributed by atoms with E-state index >= 15 is 0 Å². The average molecular weight is 399 g/mol. The summed E-state index contributed by atoms with van der Waals surface area (Å²) in [6, 6.07) is 28.9. The van der Waals surface area contributed by atoms with Crippen molar-refractivity contribution < 1.29 is 4.39 Å². The standard InChI is InChI=1S/C27H27FN2/c28-24-14-8-7-13-23(24)19-29-26-22-15-17-30(18-16-22)27(26)25(20-9-3-1-4-10-20)21-11-5-2-6-12-21/h1-14,19,22,25-27H,15-18H2. The van der Waals surface area contributed by atoms with Gasteiger partial charge in [0, 0.05) is 23.7 Å². The molecule has 2 unspecified atom stereocenters. The highest BCUT2D eigenvalue weighted by Crippen LogP contribution is 2.43. The summed E-state index contributed by atoms with van der Waals surface area (Å²) in [5.41, 5.74) is 3.23. The number of nitrogens with zero attached hydrogens (tertiary/aromatic N) is 2. The van der Waals surface area contributed by atoms with E-state index in [2.05, 4.69) is 65.6 Å². The van der Waals surface area contributed by atoms with Crippen LogP contribution in [0.15, 0.2) is 89.9 Å². The van der Waals surface area contributed by atoms with Gasteiger partial charge in [0.1, 0.15) is 5.82 Å². The lowest BCUT2D eigenvalue weighted by Crippen LogP contribution is -2.59. The molecular weight excluding hydrogens is 371 g/mol. The van der Waals surface area contributed by atoms with Gasteiger partial charge in [-0.1, -0.05) is 78.9 Å². The van der Waals surface area contributed by atoms with Gasteiger partial charge >= 0.3 is 0 Å². The molecule has 3 aliphatic heterocycles. The smallest absolute Gasteiger partial charge is 0.131 e. The first-order valence-electron chi connectivity index (χ1n) is 10.9. The van der Waals surface area contributed by atoms with Crippen molar-refractivity contribution in [3.05, 3.63) is 107 Å². The molecule has 2 atom stereocenters. The van der Waals surface area contributed by atoms with Crippen LogP contribution in [0.1, 0.15) is 35.4 Å². The van der Waals surface area contributed by atoms with E-state index in [1.807, 2.05) is 6.07 Å². The fraction of sp³-hybridized carbons (Fsp3) is 0.296. The number of benzene rings is 3. The number of fused-ring (bicyclic) bond motifs is 3. The summed E-state index contributed by atoms with van der Waals surface area (Å²) in [6.45, 7) is 2.24. The molecule has 0 N–H and O–H groups in total. The SMILES string of the molecule is Fc1ccccc1C=NC1C2CCN(CC2)C1C(c1ccccc1)c1ccccc1. The van der Waals surface area contributed by atoms with Gasteiger partial charge in [-0.05, 0) is 49.0 Å². The Morgan fingerprint density at radius 3 is 1.97 bits per heavy atom. The first-order valence-corrected chi connectivity index (χ1v) is 10.9. The van der Waals surface area contributed by atoms with E-state index in [1.54, 1.807) is 18.3 Å². The normalized spacial score (nSPS) is 25.8. The average Bonchev–Trinajstić information content (AvgIpc) is 2.81. The molecule has 3 aliphatic rings. The number of piperidine rings is 3. The van der Waals surface area contributed by atoms with E-state index < -0.39 is 0 Å². The topological polar surface area (TPSA) is 15.6 Å². The molecule has 2 bridgehead atoms. The molecule has 6 rings (SSSR count). The molecule has 3 heteroatoms. The van der Waals surface area contributed by atoms with Gasteiger partial charge in [0.15, 0.2) is 0 Å². The minimum absolute atomic E-state index is 0.164. The molecule has 3 heterocycles. The number of hydrogen-bond donors (Lipinski definition) is 0. The Balaban J connectivity index is 1.56. The molecule has 0 aliphatic carbocycles. The van der Waals surface area contributed by atoms with Crippen molar-refractivity contribution in [2.45, 2.75) is 30.8 Å². The van der Waals surface area contributed by atoms with E-state index in [9.17, 15) is 4.39 Å². The summed E-state index contributed by atoms with van der Waals surface area (Å²) >= 11 is 0. The molecule has 3 aromatic carbocycles. The maximum Gasteiger partial charge on any atom is 0.131 e. The van der Waals surface area contributed by atoms with E-state index in [0.717, 1.165) is 13.1 Å². The van der Waals surface area contributed by atoms with Crippen molar-refractivity contribution >= 4 is 6.21 Å². The van der Waals surface area contributed by atoms with E-state index in [0.29, 0.717) is 11.5 Å². The molecule has 0 aromatic heterocycles. The van der Waals surface area contributed by atoms with Gasteiger partial charge in [0.05, 0.1) is 6.04 Å². The highest BCUT2D eigenvalue weighted by molar-refractivity contribution is 5.80. The Kier molecular flexibility index (Phi) is 5.46. The van der Waals surface area contributed by atoms with Gasteiger partial charge in [0.25, 0.3) is 0 Å². The maximum absolute atomic E-state index is 14.2. The third-order valence-corrected chi connectivity index (χ3v) is 6.78. The van der Waals surface area contributed by atoms with Gasteiger partial charge in [-0.25, -0.2) is 4.39 Å². The number of hydrogen-bond acceptors (Lipinski definition) is 2. The second kappa shape index (κ2) is 8.53. The molecule has 3 aromatic rings. The highest BCUT2D eigenvalue weighted by atomic mass is 19.1. The Bertz CT molecular complexity index is 954. The van der Waals surface area contributed by atoms with Crippen LogP contribution in [0.3, 0.4) is 0 Å². The first-order chi connectivity index (χ1) is 14.8. The molecule has 0 amide bonds. The van der Waals surface area contributed by atoms with Gasteiger partial charge in [-0.15, -0.1) is 0 Å². The zero-order valence-electron chi connectivity index (χ0n) is 17.1. The second-order valence-corrected chi connectivity index (χ2v) is 8.45. The van der Waals surface area contributed by atoms with Crippen LogP contribution in [0.5, 0.6) is 0 Å². The summed E-state index contributed by atoms with van der Waals surface area (Å²) in [5, 5.41) is 0. The number of aliphatic imine (C=N–C) groups is 1. The van der Waals surface area contributed by atoms with Crippen molar-refractivity contribution in [1.82, 2.24) is 4.90 Å². The van der Waals surface area contributed by atoms with Crippen molar-refractivity contribution in [3.8, 4) is 0 Å². The second-order valence-electron chi connectivity index (χ2n) is 8.45. The fourth-order valence-corrected chi connectivity index (χ4v) is 5.33. The lowest BCUT2D eigenvalue weighted by atomic mass is 9.71. The fourth-order valence-electron chi connectivity index (χ4n) is 5.33. The Morgan fingerprint density at radius 2 is 1.37 bits per heavy atom. The molecule has 3 saturated heterocycles. The minimum atomic E-state index is -0.207.